The highest BCUT2D eigenvalue weighted by atomic mass is 79.9. The third kappa shape index (κ3) is 3.50. The van der Waals surface area contributed by atoms with Crippen molar-refractivity contribution < 1.29 is 4.79 Å². The number of hydrogen-bond acceptors (Lipinski definition) is 4. The second-order valence-corrected chi connectivity index (χ2v) is 8.06. The molecule has 2 heterocycles. The summed E-state index contributed by atoms with van der Waals surface area (Å²) in [4.78, 5) is 18.5. The van der Waals surface area contributed by atoms with Crippen molar-refractivity contribution in [3.8, 4) is 0 Å². The highest BCUT2D eigenvalue weighted by molar-refractivity contribution is 9.10. The molecule has 0 spiro atoms. The molecule has 0 unspecified atom stereocenters. The molecule has 1 amide bonds. The number of pyridine rings is 1. The minimum atomic E-state index is -0.210. The average molecular weight is 414 g/mol. The van der Waals surface area contributed by atoms with E-state index in [1.807, 2.05) is 42.6 Å². The second-order valence-electron chi connectivity index (χ2n) is 6.20. The number of fused-ring (bicyclic) bond motifs is 1. The molecule has 3 aromatic rings. The van der Waals surface area contributed by atoms with Crippen LogP contribution in [0.2, 0.25) is 0 Å². The van der Waals surface area contributed by atoms with Gasteiger partial charge in [0.05, 0.1) is 17.3 Å². The number of benzene rings is 1. The number of hydrazone groups is 1. The lowest BCUT2D eigenvalue weighted by Gasteiger charge is -2.08. The Labute approximate surface area is 158 Å². The van der Waals surface area contributed by atoms with E-state index in [-0.39, 0.29) is 5.91 Å². The summed E-state index contributed by atoms with van der Waals surface area (Å²) in [6, 6.07) is 9.77. The predicted octanol–water partition coefficient (Wildman–Crippen LogP) is 5.01. The van der Waals surface area contributed by atoms with E-state index in [2.05, 4.69) is 26.5 Å². The lowest BCUT2D eigenvalue weighted by atomic mass is 10.1. The molecule has 0 atom stereocenters. The molecule has 1 fully saturated rings. The Morgan fingerprint density at radius 1 is 1.36 bits per heavy atom. The van der Waals surface area contributed by atoms with Crippen LogP contribution in [-0.2, 0) is 0 Å². The Hall–Kier alpha value is -2.05. The van der Waals surface area contributed by atoms with Gasteiger partial charge in [0.2, 0.25) is 0 Å². The molecule has 0 radical (unpaired) electrons. The summed E-state index contributed by atoms with van der Waals surface area (Å²) in [6.45, 7) is 2.02. The SMILES string of the molecule is Cc1ccsc1C=NNC(=O)c1cc(C2CC2)nc2ccc(Br)cc12. The molecule has 6 heteroatoms. The van der Waals surface area contributed by atoms with Crippen LogP contribution in [0.15, 0.2) is 45.3 Å². The van der Waals surface area contributed by atoms with Crippen LogP contribution < -0.4 is 5.43 Å². The van der Waals surface area contributed by atoms with Crippen molar-refractivity contribution in [1.82, 2.24) is 10.4 Å². The first-order chi connectivity index (χ1) is 12.1. The number of carbonyl (C=O) groups excluding carboxylic acids is 1. The van der Waals surface area contributed by atoms with Crippen LogP contribution in [0.1, 0.15) is 45.3 Å². The number of carbonyl (C=O) groups is 1. The molecule has 2 aromatic heterocycles. The monoisotopic (exact) mass is 413 g/mol. The topological polar surface area (TPSA) is 54.4 Å². The van der Waals surface area contributed by atoms with Crippen molar-refractivity contribution in [3.63, 3.8) is 0 Å². The highest BCUT2D eigenvalue weighted by Crippen LogP contribution is 2.40. The van der Waals surface area contributed by atoms with Crippen molar-refractivity contribution in [1.29, 1.82) is 0 Å². The van der Waals surface area contributed by atoms with E-state index < -0.39 is 0 Å². The summed E-state index contributed by atoms with van der Waals surface area (Å²) in [6.07, 6.45) is 3.98. The van der Waals surface area contributed by atoms with Gasteiger partial charge in [-0.25, -0.2) is 5.43 Å². The predicted molar refractivity (Wildman–Crippen MR) is 106 cm³/mol. The Morgan fingerprint density at radius 3 is 2.92 bits per heavy atom. The molecule has 4 nitrogen and oxygen atoms in total. The van der Waals surface area contributed by atoms with Crippen LogP contribution in [0, 0.1) is 6.92 Å². The fourth-order valence-corrected chi connectivity index (χ4v) is 3.87. The zero-order valence-corrected chi connectivity index (χ0v) is 16.0. The van der Waals surface area contributed by atoms with Crippen LogP contribution in [0.3, 0.4) is 0 Å². The van der Waals surface area contributed by atoms with E-state index in [9.17, 15) is 4.79 Å². The largest absolute Gasteiger partial charge is 0.272 e. The van der Waals surface area contributed by atoms with Gasteiger partial charge in [-0.15, -0.1) is 11.3 Å². The van der Waals surface area contributed by atoms with Gasteiger partial charge in [0.15, 0.2) is 0 Å². The van der Waals surface area contributed by atoms with Crippen molar-refractivity contribution in [3.05, 3.63) is 61.9 Å². The number of halogens is 1. The van der Waals surface area contributed by atoms with E-state index in [1.54, 1.807) is 17.6 Å². The first-order valence-corrected chi connectivity index (χ1v) is 9.77. The summed E-state index contributed by atoms with van der Waals surface area (Å²) >= 11 is 5.07. The van der Waals surface area contributed by atoms with Gasteiger partial charge in [-0.1, -0.05) is 15.9 Å². The Balaban J connectivity index is 1.66. The highest BCUT2D eigenvalue weighted by Gasteiger charge is 2.27. The second kappa shape index (κ2) is 6.69. The molecular weight excluding hydrogens is 398 g/mol. The quantitative estimate of drug-likeness (QED) is 0.482. The van der Waals surface area contributed by atoms with Gasteiger partial charge >= 0.3 is 0 Å². The molecule has 1 aliphatic rings. The number of aryl methyl sites for hydroxylation is 1. The lowest BCUT2D eigenvalue weighted by Crippen LogP contribution is -2.18. The minimum absolute atomic E-state index is 0.210. The zero-order valence-electron chi connectivity index (χ0n) is 13.6. The summed E-state index contributed by atoms with van der Waals surface area (Å²) in [7, 11) is 0. The molecule has 0 saturated heterocycles. The molecule has 1 N–H and O–H groups in total. The number of amides is 1. The summed E-state index contributed by atoms with van der Waals surface area (Å²) in [5.74, 6) is 0.273. The molecule has 0 aliphatic heterocycles. The van der Waals surface area contributed by atoms with E-state index in [4.69, 9.17) is 4.98 Å². The first kappa shape index (κ1) is 16.4. The van der Waals surface area contributed by atoms with E-state index in [0.717, 1.165) is 44.4 Å². The number of nitrogens with zero attached hydrogens (tertiary/aromatic N) is 2. The average Bonchev–Trinajstić information content (AvgIpc) is 3.37. The van der Waals surface area contributed by atoms with Crippen LogP contribution in [0.25, 0.3) is 10.9 Å². The van der Waals surface area contributed by atoms with Gasteiger partial charge in [-0.2, -0.15) is 5.10 Å². The summed E-state index contributed by atoms with van der Waals surface area (Å²) < 4.78 is 0.924. The lowest BCUT2D eigenvalue weighted by molar-refractivity contribution is 0.0956. The maximum absolute atomic E-state index is 12.7. The molecule has 4 rings (SSSR count). The molecular formula is C19H16BrN3OS. The molecule has 1 aliphatic carbocycles. The summed E-state index contributed by atoms with van der Waals surface area (Å²) in [5.41, 5.74) is 6.27. The van der Waals surface area contributed by atoms with Crippen LogP contribution in [0.5, 0.6) is 0 Å². The number of hydrogen-bond donors (Lipinski definition) is 1. The maximum Gasteiger partial charge on any atom is 0.272 e. The van der Waals surface area contributed by atoms with Crippen LogP contribution >= 0.6 is 27.3 Å². The number of rotatable bonds is 4. The standard InChI is InChI=1S/C19H16BrN3OS/c1-11-6-7-25-18(11)10-21-23-19(24)15-9-17(12-2-3-12)22-16-5-4-13(20)8-14(15)16/h4-10,12H,2-3H2,1H3,(H,23,24). The van der Waals surface area contributed by atoms with Crippen molar-refractivity contribution in [2.75, 3.05) is 0 Å². The van der Waals surface area contributed by atoms with Gasteiger partial charge in [0.1, 0.15) is 0 Å². The van der Waals surface area contributed by atoms with Gasteiger partial charge in [-0.05, 0) is 61.0 Å². The molecule has 1 aromatic carbocycles. The number of nitrogens with one attached hydrogen (secondary N) is 1. The van der Waals surface area contributed by atoms with Crippen LogP contribution in [-0.4, -0.2) is 17.1 Å². The molecule has 1 saturated carbocycles. The van der Waals surface area contributed by atoms with Crippen molar-refractivity contribution in [2.24, 2.45) is 5.10 Å². The van der Waals surface area contributed by atoms with Gasteiger partial charge in [-0.3, -0.25) is 9.78 Å². The van der Waals surface area contributed by atoms with Gasteiger partial charge in [0.25, 0.3) is 5.91 Å². The van der Waals surface area contributed by atoms with E-state index in [0.29, 0.717) is 11.5 Å². The fourth-order valence-electron chi connectivity index (χ4n) is 2.72. The smallest absolute Gasteiger partial charge is 0.267 e. The first-order valence-electron chi connectivity index (χ1n) is 8.09. The van der Waals surface area contributed by atoms with Crippen molar-refractivity contribution in [2.45, 2.75) is 25.7 Å². The molecule has 0 bridgehead atoms. The molecule has 126 valence electrons. The van der Waals surface area contributed by atoms with Crippen LogP contribution in [0.4, 0.5) is 0 Å². The molecule has 25 heavy (non-hydrogen) atoms. The maximum atomic E-state index is 12.7. The third-order valence-corrected chi connectivity index (χ3v) is 5.73. The Kier molecular flexibility index (Phi) is 4.39. The van der Waals surface area contributed by atoms with Crippen molar-refractivity contribution >= 4 is 50.3 Å². The summed E-state index contributed by atoms with van der Waals surface area (Å²) in [5, 5.41) is 6.96. The third-order valence-electron chi connectivity index (χ3n) is 4.28. The Morgan fingerprint density at radius 2 is 2.20 bits per heavy atom. The normalized spacial score (nSPS) is 14.3. The van der Waals surface area contributed by atoms with E-state index in [1.165, 1.54) is 0 Å². The minimum Gasteiger partial charge on any atom is -0.267 e. The van der Waals surface area contributed by atoms with E-state index >= 15 is 0 Å². The number of thiophene rings is 1. The fraction of sp³-hybridized carbons (Fsp3) is 0.211. The zero-order chi connectivity index (χ0) is 17.4. The van der Waals surface area contributed by atoms with Gasteiger partial charge < -0.3 is 0 Å². The van der Waals surface area contributed by atoms with Gasteiger partial charge in [0, 0.05) is 26.3 Å². The number of aromatic nitrogens is 1. The Bertz CT molecular complexity index is 991.